The molecule has 0 aromatic carbocycles. The highest BCUT2D eigenvalue weighted by molar-refractivity contribution is 5.87. The van der Waals surface area contributed by atoms with E-state index in [0.717, 1.165) is 6.42 Å². The molecule has 0 radical (unpaired) electrons. The molecular formula is C12H23N9O2. The van der Waals surface area contributed by atoms with Crippen LogP contribution in [-0.2, 0) is 9.59 Å². The molecule has 4 N–H and O–H groups in total. The Labute approximate surface area is 134 Å². The van der Waals surface area contributed by atoms with Crippen LogP contribution >= 0.6 is 0 Å². The third kappa shape index (κ3) is 11.8. The monoisotopic (exact) mass is 325 g/mol. The van der Waals surface area contributed by atoms with E-state index in [9.17, 15) is 9.59 Å². The number of nitrogens with zero attached hydrogens (tertiary/aromatic N) is 6. The molecule has 0 aliphatic rings. The maximum Gasteiger partial charge on any atom is 0.242 e. The molecule has 2 amide bonds. The second-order valence-corrected chi connectivity index (χ2v) is 4.71. The Morgan fingerprint density at radius 2 is 1.78 bits per heavy atom. The van der Waals surface area contributed by atoms with Crippen molar-refractivity contribution < 1.29 is 9.59 Å². The lowest BCUT2D eigenvalue weighted by molar-refractivity contribution is -0.129. The summed E-state index contributed by atoms with van der Waals surface area (Å²) in [7, 11) is 0. The zero-order valence-electron chi connectivity index (χ0n) is 13.0. The van der Waals surface area contributed by atoms with Crippen LogP contribution in [0.4, 0.5) is 0 Å². The molecule has 11 heteroatoms. The molecule has 0 aromatic heterocycles. The van der Waals surface area contributed by atoms with E-state index >= 15 is 0 Å². The van der Waals surface area contributed by atoms with Gasteiger partial charge in [-0.3, -0.25) is 9.59 Å². The van der Waals surface area contributed by atoms with Crippen LogP contribution < -0.4 is 16.4 Å². The molecule has 0 rings (SSSR count). The van der Waals surface area contributed by atoms with Crippen LogP contribution in [0, 0.1) is 0 Å². The van der Waals surface area contributed by atoms with E-state index in [1.54, 1.807) is 0 Å². The Balaban J connectivity index is 4.34. The zero-order chi connectivity index (χ0) is 17.3. The molecule has 0 spiro atoms. The van der Waals surface area contributed by atoms with E-state index in [1.807, 2.05) is 0 Å². The molecular weight excluding hydrogens is 302 g/mol. The van der Waals surface area contributed by atoms with Gasteiger partial charge in [-0.2, -0.15) is 0 Å². The Hall–Kier alpha value is -2.48. The van der Waals surface area contributed by atoms with E-state index in [0.29, 0.717) is 38.9 Å². The number of carbonyl (C=O) groups excluding carboxylic acids is 2. The van der Waals surface area contributed by atoms with Crippen molar-refractivity contribution in [2.75, 3.05) is 26.2 Å². The number of nitrogens with two attached hydrogens (primary N) is 1. The van der Waals surface area contributed by atoms with Gasteiger partial charge in [0.05, 0.1) is 0 Å². The minimum Gasteiger partial charge on any atom is -0.354 e. The normalized spacial score (nSPS) is 10.8. The average Bonchev–Trinajstić information content (AvgIpc) is 2.54. The number of nitrogens with one attached hydrogen (secondary N) is 2. The van der Waals surface area contributed by atoms with Crippen molar-refractivity contribution in [2.45, 2.75) is 38.1 Å². The molecule has 128 valence electrons. The predicted octanol–water partition coefficient (Wildman–Crippen LogP) is 1.12. The maximum absolute atomic E-state index is 12.1. The van der Waals surface area contributed by atoms with Gasteiger partial charge < -0.3 is 16.4 Å². The molecule has 1 atom stereocenters. The van der Waals surface area contributed by atoms with E-state index in [2.05, 4.69) is 30.7 Å². The lowest BCUT2D eigenvalue weighted by atomic mass is 10.1. The van der Waals surface area contributed by atoms with Gasteiger partial charge in [0.15, 0.2) is 0 Å². The summed E-state index contributed by atoms with van der Waals surface area (Å²) in [5.74, 6) is -0.639. The fraction of sp³-hybridized carbons (Fsp3) is 0.833. The van der Waals surface area contributed by atoms with E-state index in [4.69, 9.17) is 16.8 Å². The second-order valence-electron chi connectivity index (χ2n) is 4.71. The third-order valence-electron chi connectivity index (χ3n) is 2.90. The van der Waals surface area contributed by atoms with Crippen molar-refractivity contribution in [1.82, 2.24) is 10.6 Å². The number of hydrogen-bond donors (Lipinski definition) is 3. The van der Waals surface area contributed by atoms with Gasteiger partial charge >= 0.3 is 0 Å². The Morgan fingerprint density at radius 3 is 2.43 bits per heavy atom. The molecule has 0 unspecified atom stereocenters. The SMILES string of the molecule is [N-]=[N+]=NCCCNC(=O)[C@H](CCCCN)NC(=O)CCN=[N+]=[N-]. The molecule has 0 saturated heterocycles. The molecule has 0 heterocycles. The number of amides is 2. The number of unbranched alkanes of at least 4 members (excludes halogenated alkanes) is 1. The van der Waals surface area contributed by atoms with Crippen LogP contribution in [0.15, 0.2) is 10.2 Å². The van der Waals surface area contributed by atoms with Crippen molar-refractivity contribution in [3.05, 3.63) is 20.9 Å². The van der Waals surface area contributed by atoms with Crippen LogP contribution in [0.3, 0.4) is 0 Å². The molecule has 0 saturated carbocycles. The number of hydrogen-bond acceptors (Lipinski definition) is 5. The molecule has 23 heavy (non-hydrogen) atoms. The summed E-state index contributed by atoms with van der Waals surface area (Å²) in [6, 6.07) is -0.653. The van der Waals surface area contributed by atoms with Crippen LogP contribution in [0.5, 0.6) is 0 Å². The largest absolute Gasteiger partial charge is 0.354 e. The summed E-state index contributed by atoms with van der Waals surface area (Å²) in [4.78, 5) is 29.0. The molecule has 11 nitrogen and oxygen atoms in total. The topological polar surface area (TPSA) is 182 Å². The first-order valence-electron chi connectivity index (χ1n) is 7.44. The smallest absolute Gasteiger partial charge is 0.242 e. The fourth-order valence-corrected chi connectivity index (χ4v) is 1.75. The molecule has 0 fully saturated rings. The Morgan fingerprint density at radius 1 is 1.09 bits per heavy atom. The summed E-state index contributed by atoms with van der Waals surface area (Å²) in [6.07, 6.45) is 2.50. The van der Waals surface area contributed by atoms with Crippen molar-refractivity contribution in [1.29, 1.82) is 0 Å². The maximum atomic E-state index is 12.1. The first-order chi connectivity index (χ1) is 11.2. The standard InChI is InChI=1S/C12H23N9O2/c13-6-2-1-4-10(19-11(22)5-9-18-21-15)12(23)16-7-3-8-17-20-14/h10H,1-9,13H2,(H,16,23)(H,19,22)/t10-/m0/s1. The van der Waals surface area contributed by atoms with Gasteiger partial charge in [-0.25, -0.2) is 0 Å². The van der Waals surface area contributed by atoms with Gasteiger partial charge in [0.1, 0.15) is 6.04 Å². The fourth-order valence-electron chi connectivity index (χ4n) is 1.75. The van der Waals surface area contributed by atoms with Crippen molar-refractivity contribution in [2.24, 2.45) is 16.0 Å². The van der Waals surface area contributed by atoms with E-state index < -0.39 is 6.04 Å². The lowest BCUT2D eigenvalue weighted by Crippen LogP contribution is -2.47. The first kappa shape index (κ1) is 20.5. The van der Waals surface area contributed by atoms with Crippen molar-refractivity contribution in [3.63, 3.8) is 0 Å². The van der Waals surface area contributed by atoms with Crippen LogP contribution in [0.2, 0.25) is 0 Å². The van der Waals surface area contributed by atoms with E-state index in [1.165, 1.54) is 0 Å². The van der Waals surface area contributed by atoms with Gasteiger partial charge in [0, 0.05) is 35.9 Å². The average molecular weight is 325 g/mol. The molecule has 0 bridgehead atoms. The van der Waals surface area contributed by atoms with Crippen LogP contribution in [0.25, 0.3) is 20.9 Å². The molecule has 0 aromatic rings. The van der Waals surface area contributed by atoms with Crippen molar-refractivity contribution >= 4 is 11.8 Å². The summed E-state index contributed by atoms with van der Waals surface area (Å²) in [5, 5.41) is 12.0. The van der Waals surface area contributed by atoms with Gasteiger partial charge in [-0.05, 0) is 43.3 Å². The van der Waals surface area contributed by atoms with Crippen molar-refractivity contribution in [3.8, 4) is 0 Å². The highest BCUT2D eigenvalue weighted by Crippen LogP contribution is 2.02. The van der Waals surface area contributed by atoms with Gasteiger partial charge in [0.25, 0.3) is 0 Å². The highest BCUT2D eigenvalue weighted by atomic mass is 16.2. The Kier molecular flexibility index (Phi) is 12.9. The lowest BCUT2D eigenvalue weighted by Gasteiger charge is -2.18. The van der Waals surface area contributed by atoms with Crippen LogP contribution in [0.1, 0.15) is 32.1 Å². The second kappa shape index (κ2) is 14.5. The predicted molar refractivity (Wildman–Crippen MR) is 85.1 cm³/mol. The highest BCUT2D eigenvalue weighted by Gasteiger charge is 2.19. The summed E-state index contributed by atoms with van der Waals surface area (Å²) in [6.45, 7) is 1.23. The third-order valence-corrected chi connectivity index (χ3v) is 2.90. The van der Waals surface area contributed by atoms with Gasteiger partial charge in [-0.1, -0.05) is 10.2 Å². The summed E-state index contributed by atoms with van der Waals surface area (Å²) >= 11 is 0. The number of azide groups is 2. The first-order valence-corrected chi connectivity index (χ1v) is 7.44. The molecule has 0 aliphatic carbocycles. The van der Waals surface area contributed by atoms with Gasteiger partial charge in [-0.15, -0.1) is 0 Å². The minimum absolute atomic E-state index is 0.0294. The van der Waals surface area contributed by atoms with E-state index in [-0.39, 0.29) is 24.8 Å². The summed E-state index contributed by atoms with van der Waals surface area (Å²) < 4.78 is 0. The van der Waals surface area contributed by atoms with Crippen LogP contribution in [-0.4, -0.2) is 44.0 Å². The number of carbonyl (C=O) groups is 2. The zero-order valence-corrected chi connectivity index (χ0v) is 13.0. The quantitative estimate of drug-likeness (QED) is 0.199. The summed E-state index contributed by atoms with van der Waals surface area (Å²) in [5.41, 5.74) is 21.8. The minimum atomic E-state index is -0.653. The van der Waals surface area contributed by atoms with Gasteiger partial charge in [0.2, 0.25) is 11.8 Å². The number of rotatable bonds is 13. The Bertz CT molecular complexity index is 455. The molecule has 0 aliphatic heterocycles.